The minimum Gasteiger partial charge on any atom is -0.0654 e. The summed E-state index contributed by atoms with van der Waals surface area (Å²) in [6, 6.07) is 0. The summed E-state index contributed by atoms with van der Waals surface area (Å²) < 4.78 is 14.2. The van der Waals surface area contributed by atoms with Crippen molar-refractivity contribution in [3.8, 4) is 0 Å². The van der Waals surface area contributed by atoms with E-state index < -0.39 is 0 Å². The molecule has 0 saturated carbocycles. The normalized spacial score (nSPS) is 17.9. The van der Waals surface area contributed by atoms with Crippen molar-refractivity contribution in [2.24, 2.45) is 0 Å². The molecular weight excluding hydrogens is 84.1 g/mol. The van der Waals surface area contributed by atoms with Crippen molar-refractivity contribution in [2.75, 3.05) is 0 Å². The Labute approximate surface area is 49.7 Å². The van der Waals surface area contributed by atoms with E-state index in [1.54, 1.807) is 0 Å². The van der Waals surface area contributed by atoms with E-state index in [1.165, 1.54) is 0 Å². The van der Waals surface area contributed by atoms with E-state index in [0.717, 1.165) is 25.7 Å². The topological polar surface area (TPSA) is 0 Å². The van der Waals surface area contributed by atoms with Gasteiger partial charge >= 0.3 is 0 Å². The number of hydrogen-bond donors (Lipinski definition) is 0. The van der Waals surface area contributed by atoms with E-state index >= 15 is 0 Å². The molecule has 0 aliphatic carbocycles. The zero-order chi connectivity index (χ0) is 7.11. The molecule has 0 aromatic heterocycles. The summed E-state index contributed by atoms with van der Waals surface area (Å²) in [6.45, 7) is 2.58. The largest absolute Gasteiger partial charge is 0.0654 e. The van der Waals surface area contributed by atoms with Crippen molar-refractivity contribution < 1.29 is 2.74 Å². The average molecular weight is 104 g/mol. The molecule has 0 aromatic rings. The summed E-state index contributed by atoms with van der Waals surface area (Å²) in [7, 11) is 0. The molecule has 0 radical (unpaired) electrons. The van der Waals surface area contributed by atoms with Crippen LogP contribution in [0, 0.1) is 0 Å². The molecule has 7 heavy (non-hydrogen) atoms. The lowest BCUT2D eigenvalue weighted by molar-refractivity contribution is 0.656. The van der Waals surface area contributed by atoms with Gasteiger partial charge in [0.05, 0.1) is 0 Å². The lowest BCUT2D eigenvalue weighted by Gasteiger charge is -1.90. The van der Waals surface area contributed by atoms with E-state index in [-0.39, 0.29) is 6.40 Å². The minimum absolute atomic E-state index is 0.0975. The third kappa shape index (κ3) is 6.00. The Morgan fingerprint density at radius 1 is 1.43 bits per heavy atom. The SMILES string of the molecule is [3H]CCCC([3H])CCC. The molecule has 0 N–H and O–H groups in total. The third-order valence-electron chi connectivity index (χ3n) is 0.901. The van der Waals surface area contributed by atoms with Gasteiger partial charge in [0.25, 0.3) is 0 Å². The molecular formula is C7H16. The van der Waals surface area contributed by atoms with Gasteiger partial charge in [0.2, 0.25) is 0 Å². The second-order valence-corrected chi connectivity index (χ2v) is 1.72. The van der Waals surface area contributed by atoms with Gasteiger partial charge in [-0.05, 0) is 0 Å². The minimum atomic E-state index is 0.0975. The second-order valence-electron chi connectivity index (χ2n) is 1.72. The third-order valence-corrected chi connectivity index (χ3v) is 0.901. The Bertz CT molecular complexity index is 54.9. The van der Waals surface area contributed by atoms with Gasteiger partial charge in [0.15, 0.2) is 0 Å². The van der Waals surface area contributed by atoms with E-state index in [1.807, 2.05) is 0 Å². The summed E-state index contributed by atoms with van der Waals surface area (Å²) >= 11 is 0. The molecule has 0 heteroatoms. The first kappa shape index (κ1) is 3.94. The first-order chi connectivity index (χ1) is 4.31. The highest BCUT2D eigenvalue weighted by molar-refractivity contribution is 4.35. The zero-order valence-corrected chi connectivity index (χ0v) is 5.11. The van der Waals surface area contributed by atoms with Crippen LogP contribution in [0.5, 0.6) is 0 Å². The lowest BCUT2D eigenvalue weighted by Crippen LogP contribution is -1.70. The van der Waals surface area contributed by atoms with Crippen LogP contribution in [0.3, 0.4) is 0 Å². The first-order valence-electron chi connectivity index (χ1n) is 4.31. The van der Waals surface area contributed by atoms with Crippen molar-refractivity contribution >= 4 is 0 Å². The fourth-order valence-electron chi connectivity index (χ4n) is 0.493. The van der Waals surface area contributed by atoms with Gasteiger partial charge in [0, 0.05) is 2.74 Å². The van der Waals surface area contributed by atoms with Crippen LogP contribution in [0.25, 0.3) is 0 Å². The molecule has 0 aromatic carbocycles. The molecule has 1 unspecified atom stereocenters. The van der Waals surface area contributed by atoms with Gasteiger partial charge in [-0.15, -0.1) is 0 Å². The van der Waals surface area contributed by atoms with Crippen LogP contribution in [-0.2, 0) is 0 Å². The average Bonchev–Trinajstić information content (AvgIpc) is 1.85. The molecule has 0 aliphatic rings. The molecule has 0 bridgehead atoms. The van der Waals surface area contributed by atoms with E-state index in [9.17, 15) is 0 Å². The predicted molar refractivity (Wildman–Crippen MR) is 34.4 cm³/mol. The maximum atomic E-state index is 7.39. The Hall–Kier alpha value is 0. The van der Waals surface area contributed by atoms with Crippen molar-refractivity contribution in [1.82, 2.24) is 0 Å². The van der Waals surface area contributed by atoms with Crippen LogP contribution in [0.1, 0.15) is 48.6 Å². The van der Waals surface area contributed by atoms with E-state index in [0.29, 0.717) is 6.90 Å². The fraction of sp³-hybridized carbons (Fsp3) is 1.00. The van der Waals surface area contributed by atoms with E-state index in [4.69, 9.17) is 2.74 Å². The molecule has 0 rings (SSSR count). The Kier molecular flexibility index (Phi) is 3.38. The van der Waals surface area contributed by atoms with Crippen molar-refractivity contribution in [3.05, 3.63) is 0 Å². The highest BCUT2D eigenvalue weighted by Crippen LogP contribution is 2.00. The number of hydrogen-bond acceptors (Lipinski definition) is 0. The zero-order valence-electron chi connectivity index (χ0n) is 7.11. The summed E-state index contributed by atoms with van der Waals surface area (Å²) in [6.07, 6.45) is 4.01. The molecule has 0 heterocycles. The van der Waals surface area contributed by atoms with Crippen LogP contribution in [-0.4, -0.2) is 0 Å². The Balaban J connectivity index is 2.95. The van der Waals surface area contributed by atoms with Crippen LogP contribution in [0.4, 0.5) is 0 Å². The van der Waals surface area contributed by atoms with Gasteiger partial charge in [-0.2, -0.15) is 0 Å². The van der Waals surface area contributed by atoms with Crippen LogP contribution in [0.2, 0.25) is 0 Å². The highest BCUT2D eigenvalue weighted by atomic mass is 13.9. The van der Waals surface area contributed by atoms with Crippen molar-refractivity contribution in [2.45, 2.75) is 45.9 Å². The molecule has 0 nitrogen and oxygen atoms in total. The highest BCUT2D eigenvalue weighted by Gasteiger charge is 1.80. The van der Waals surface area contributed by atoms with Crippen LogP contribution < -0.4 is 0 Å². The fourth-order valence-corrected chi connectivity index (χ4v) is 0.493. The molecule has 0 amide bonds. The maximum absolute atomic E-state index is 7.39. The number of rotatable bonds is 4. The monoisotopic (exact) mass is 104 g/mol. The van der Waals surface area contributed by atoms with Crippen LogP contribution >= 0.6 is 0 Å². The van der Waals surface area contributed by atoms with Gasteiger partial charge in [-0.1, -0.05) is 45.9 Å². The molecule has 0 fully saturated rings. The van der Waals surface area contributed by atoms with Gasteiger partial charge in [-0.3, -0.25) is 0 Å². The van der Waals surface area contributed by atoms with Crippen molar-refractivity contribution in [3.63, 3.8) is 0 Å². The van der Waals surface area contributed by atoms with E-state index in [2.05, 4.69) is 6.92 Å². The van der Waals surface area contributed by atoms with Gasteiger partial charge in [0.1, 0.15) is 0 Å². The first-order valence-corrected chi connectivity index (χ1v) is 3.02. The molecule has 1 atom stereocenters. The predicted octanol–water partition coefficient (Wildman–Crippen LogP) is 2.98. The molecule has 0 spiro atoms. The summed E-state index contributed by atoms with van der Waals surface area (Å²) in [5.41, 5.74) is 0. The van der Waals surface area contributed by atoms with Crippen molar-refractivity contribution in [1.29, 1.82) is 0 Å². The molecule has 44 valence electrons. The second kappa shape index (κ2) is 6.00. The Morgan fingerprint density at radius 2 is 2.14 bits per heavy atom. The Morgan fingerprint density at radius 3 is 2.71 bits per heavy atom. The maximum Gasteiger partial charge on any atom is 0.0267 e. The van der Waals surface area contributed by atoms with Gasteiger partial charge < -0.3 is 0 Å². The standard InChI is InChI=1S/C7H16/c1-3-5-7-6-4-2/h3-7H2,1-2H3/i1T,7T. The summed E-state index contributed by atoms with van der Waals surface area (Å²) in [4.78, 5) is 0. The summed E-state index contributed by atoms with van der Waals surface area (Å²) in [5, 5.41) is 0. The van der Waals surface area contributed by atoms with Gasteiger partial charge in [-0.25, -0.2) is 0 Å². The summed E-state index contributed by atoms with van der Waals surface area (Å²) in [5.74, 6) is 0. The molecule has 0 saturated heterocycles. The lowest BCUT2D eigenvalue weighted by atomic mass is 10.2. The van der Waals surface area contributed by atoms with Crippen LogP contribution in [0.15, 0.2) is 0 Å². The quantitative estimate of drug-likeness (QED) is 0.514. The molecule has 0 aliphatic heterocycles. The smallest absolute Gasteiger partial charge is 0.0267 e.